The van der Waals surface area contributed by atoms with Gasteiger partial charge in [-0.1, -0.05) is 27.2 Å². The van der Waals surface area contributed by atoms with E-state index in [4.69, 9.17) is 4.74 Å². The number of aliphatic carboxylic acids is 1. The lowest BCUT2D eigenvalue weighted by Crippen LogP contribution is -2.33. The van der Waals surface area contributed by atoms with Crippen LogP contribution in [0.3, 0.4) is 0 Å². The van der Waals surface area contributed by atoms with E-state index in [0.29, 0.717) is 31.1 Å². The summed E-state index contributed by atoms with van der Waals surface area (Å²) in [4.78, 5) is 22.9. The van der Waals surface area contributed by atoms with Crippen molar-refractivity contribution < 1.29 is 19.4 Å². The first-order valence-electron chi connectivity index (χ1n) is 6.88. The van der Waals surface area contributed by atoms with Crippen LogP contribution in [-0.2, 0) is 14.3 Å². The molecular weight excluding hydrogens is 232 g/mol. The normalized spacial score (nSPS) is 26.6. The summed E-state index contributed by atoms with van der Waals surface area (Å²) in [5.74, 6) is -0.818. The first-order valence-corrected chi connectivity index (χ1v) is 6.88. The number of hydrogen-bond acceptors (Lipinski definition) is 3. The van der Waals surface area contributed by atoms with Gasteiger partial charge in [-0.25, -0.2) is 0 Å². The molecule has 0 amide bonds. The molecule has 3 atom stereocenters. The van der Waals surface area contributed by atoms with E-state index in [1.807, 2.05) is 6.92 Å². The Morgan fingerprint density at radius 3 is 2.67 bits per heavy atom. The summed E-state index contributed by atoms with van der Waals surface area (Å²) < 4.78 is 5.35. The van der Waals surface area contributed by atoms with Crippen LogP contribution in [0.15, 0.2) is 0 Å². The molecule has 0 spiro atoms. The molecule has 18 heavy (non-hydrogen) atoms. The van der Waals surface area contributed by atoms with Crippen LogP contribution >= 0.6 is 0 Å². The third kappa shape index (κ3) is 4.00. The van der Waals surface area contributed by atoms with Crippen LogP contribution in [0.5, 0.6) is 0 Å². The molecule has 1 saturated heterocycles. The van der Waals surface area contributed by atoms with Crippen molar-refractivity contribution in [2.24, 2.45) is 17.8 Å². The van der Waals surface area contributed by atoms with Gasteiger partial charge in [-0.15, -0.1) is 0 Å². The van der Waals surface area contributed by atoms with E-state index in [0.717, 1.165) is 12.8 Å². The SMILES string of the molecule is CCCC(C(=O)O)C1CC(C(C)C)CCC(=O)O1. The average molecular weight is 256 g/mol. The van der Waals surface area contributed by atoms with Gasteiger partial charge in [0.25, 0.3) is 0 Å². The minimum absolute atomic E-state index is 0.245. The van der Waals surface area contributed by atoms with Crippen LogP contribution in [0.4, 0.5) is 0 Å². The topological polar surface area (TPSA) is 63.6 Å². The first kappa shape index (κ1) is 15.0. The second kappa shape index (κ2) is 6.76. The zero-order valence-corrected chi connectivity index (χ0v) is 11.5. The van der Waals surface area contributed by atoms with Crippen molar-refractivity contribution in [2.45, 2.75) is 59.0 Å². The maximum Gasteiger partial charge on any atom is 0.310 e. The monoisotopic (exact) mass is 256 g/mol. The van der Waals surface area contributed by atoms with Crippen molar-refractivity contribution in [3.05, 3.63) is 0 Å². The van der Waals surface area contributed by atoms with Gasteiger partial charge in [0.05, 0.1) is 5.92 Å². The number of rotatable bonds is 5. The van der Waals surface area contributed by atoms with Gasteiger partial charge in [-0.3, -0.25) is 9.59 Å². The summed E-state index contributed by atoms with van der Waals surface area (Å²) in [6.07, 6.45) is 2.81. The van der Waals surface area contributed by atoms with Crippen LogP contribution in [0.2, 0.25) is 0 Å². The number of carbonyl (C=O) groups is 2. The number of carboxylic acids is 1. The highest BCUT2D eigenvalue weighted by atomic mass is 16.5. The minimum Gasteiger partial charge on any atom is -0.481 e. The molecule has 0 radical (unpaired) electrons. The molecule has 0 aromatic heterocycles. The lowest BCUT2D eigenvalue weighted by Gasteiger charge is -2.26. The molecule has 0 aromatic rings. The standard InChI is InChI=1S/C14H24O4/c1-4-5-11(14(16)17)12-8-10(9(2)3)6-7-13(15)18-12/h9-12H,4-8H2,1-3H3,(H,16,17). The lowest BCUT2D eigenvalue weighted by molar-refractivity contribution is -0.158. The van der Waals surface area contributed by atoms with E-state index in [1.54, 1.807) is 0 Å². The average Bonchev–Trinajstić information content (AvgIpc) is 2.47. The summed E-state index contributed by atoms with van der Waals surface area (Å²) >= 11 is 0. The van der Waals surface area contributed by atoms with E-state index in [2.05, 4.69) is 13.8 Å². The fraction of sp³-hybridized carbons (Fsp3) is 0.857. The molecule has 1 aliphatic rings. The van der Waals surface area contributed by atoms with Crippen LogP contribution in [0.1, 0.15) is 52.9 Å². The Morgan fingerprint density at radius 1 is 1.50 bits per heavy atom. The van der Waals surface area contributed by atoms with Crippen LogP contribution < -0.4 is 0 Å². The maximum atomic E-state index is 11.6. The Morgan fingerprint density at radius 2 is 2.17 bits per heavy atom. The summed E-state index contributed by atoms with van der Waals surface area (Å²) in [7, 11) is 0. The summed E-state index contributed by atoms with van der Waals surface area (Å²) in [6.45, 7) is 6.19. The molecule has 4 nitrogen and oxygen atoms in total. The molecule has 0 aromatic carbocycles. The molecule has 0 saturated carbocycles. The van der Waals surface area contributed by atoms with Crippen LogP contribution in [0.25, 0.3) is 0 Å². The zero-order chi connectivity index (χ0) is 13.7. The van der Waals surface area contributed by atoms with Crippen molar-refractivity contribution in [3.8, 4) is 0 Å². The Labute approximate surface area is 109 Å². The molecule has 104 valence electrons. The van der Waals surface area contributed by atoms with Gasteiger partial charge in [-0.05, 0) is 31.1 Å². The smallest absolute Gasteiger partial charge is 0.310 e. The van der Waals surface area contributed by atoms with Crippen LogP contribution in [0, 0.1) is 17.8 Å². The van der Waals surface area contributed by atoms with Gasteiger partial charge in [0.15, 0.2) is 0 Å². The highest BCUT2D eigenvalue weighted by Crippen LogP contribution is 2.31. The Bertz CT molecular complexity index is 298. The van der Waals surface area contributed by atoms with Crippen LogP contribution in [-0.4, -0.2) is 23.1 Å². The molecule has 3 unspecified atom stereocenters. The molecule has 1 aliphatic heterocycles. The second-order valence-corrected chi connectivity index (χ2v) is 5.54. The van der Waals surface area contributed by atoms with E-state index < -0.39 is 18.0 Å². The van der Waals surface area contributed by atoms with Gasteiger partial charge in [0.1, 0.15) is 6.10 Å². The van der Waals surface area contributed by atoms with Crippen molar-refractivity contribution in [3.63, 3.8) is 0 Å². The molecule has 1 rings (SSSR count). The molecule has 1 fully saturated rings. The maximum absolute atomic E-state index is 11.6. The fourth-order valence-corrected chi connectivity index (χ4v) is 2.63. The van der Waals surface area contributed by atoms with E-state index in [-0.39, 0.29) is 5.97 Å². The Kier molecular flexibility index (Phi) is 5.63. The fourth-order valence-electron chi connectivity index (χ4n) is 2.63. The summed E-state index contributed by atoms with van der Waals surface area (Å²) in [6, 6.07) is 0. The molecular formula is C14H24O4. The van der Waals surface area contributed by atoms with Gasteiger partial charge < -0.3 is 9.84 Å². The predicted octanol–water partition coefficient (Wildman–Crippen LogP) is 2.86. The number of ether oxygens (including phenoxy) is 1. The number of cyclic esters (lactones) is 1. The lowest BCUT2D eigenvalue weighted by atomic mass is 9.83. The van der Waals surface area contributed by atoms with Crippen molar-refractivity contribution in [2.75, 3.05) is 0 Å². The number of hydrogen-bond donors (Lipinski definition) is 1. The van der Waals surface area contributed by atoms with Crippen molar-refractivity contribution in [1.29, 1.82) is 0 Å². The van der Waals surface area contributed by atoms with E-state index >= 15 is 0 Å². The minimum atomic E-state index is -0.848. The second-order valence-electron chi connectivity index (χ2n) is 5.54. The molecule has 0 bridgehead atoms. The van der Waals surface area contributed by atoms with Gasteiger partial charge in [0.2, 0.25) is 0 Å². The summed E-state index contributed by atoms with van der Waals surface area (Å²) in [5, 5.41) is 9.27. The molecule has 4 heteroatoms. The third-order valence-electron chi connectivity index (χ3n) is 3.85. The number of esters is 1. The number of carboxylic acid groups (broad SMARTS) is 1. The van der Waals surface area contributed by atoms with Gasteiger partial charge >= 0.3 is 11.9 Å². The van der Waals surface area contributed by atoms with Gasteiger partial charge in [-0.2, -0.15) is 0 Å². The zero-order valence-electron chi connectivity index (χ0n) is 11.5. The highest BCUT2D eigenvalue weighted by molar-refractivity contribution is 5.73. The third-order valence-corrected chi connectivity index (χ3v) is 3.85. The molecule has 1 N–H and O–H groups in total. The molecule has 1 heterocycles. The van der Waals surface area contributed by atoms with Crippen molar-refractivity contribution >= 4 is 11.9 Å². The number of carbonyl (C=O) groups excluding carboxylic acids is 1. The highest BCUT2D eigenvalue weighted by Gasteiger charge is 2.35. The quantitative estimate of drug-likeness (QED) is 0.768. The van der Waals surface area contributed by atoms with E-state index in [1.165, 1.54) is 0 Å². The largest absolute Gasteiger partial charge is 0.481 e. The van der Waals surface area contributed by atoms with Crippen molar-refractivity contribution in [1.82, 2.24) is 0 Å². The Hall–Kier alpha value is -1.06. The van der Waals surface area contributed by atoms with E-state index in [9.17, 15) is 14.7 Å². The first-order chi connectivity index (χ1) is 8.45. The van der Waals surface area contributed by atoms with Gasteiger partial charge in [0, 0.05) is 6.42 Å². The summed E-state index contributed by atoms with van der Waals surface area (Å²) in [5.41, 5.74) is 0. The molecule has 0 aliphatic carbocycles. The Balaban J connectivity index is 2.81. The predicted molar refractivity (Wildman–Crippen MR) is 68.1 cm³/mol.